The Hall–Kier alpha value is -2.13. The van der Waals surface area contributed by atoms with Crippen LogP contribution in [0.1, 0.15) is 5.82 Å². The molecule has 0 aliphatic heterocycles. The Morgan fingerprint density at radius 1 is 1.44 bits per heavy atom. The van der Waals surface area contributed by atoms with E-state index in [0.717, 1.165) is 0 Å². The second-order valence-electron chi connectivity index (χ2n) is 3.48. The molecule has 1 aromatic carbocycles. The maximum atomic E-state index is 11.9. The molecular formula is C9H11N5O3S. The van der Waals surface area contributed by atoms with Gasteiger partial charge in [-0.1, -0.05) is 0 Å². The number of benzene rings is 1. The van der Waals surface area contributed by atoms with E-state index in [1.54, 1.807) is 0 Å². The van der Waals surface area contributed by atoms with E-state index in [4.69, 9.17) is 5.73 Å². The molecule has 5 N–H and O–H groups in total. The van der Waals surface area contributed by atoms with E-state index in [-0.39, 0.29) is 22.9 Å². The molecule has 0 saturated heterocycles. The summed E-state index contributed by atoms with van der Waals surface area (Å²) >= 11 is 0. The lowest BCUT2D eigenvalue weighted by atomic mass is 10.3. The third-order valence-electron chi connectivity index (χ3n) is 2.20. The molecule has 1 aromatic heterocycles. The highest BCUT2D eigenvalue weighted by Crippen LogP contribution is 2.22. The number of phenolic OH excluding ortho intramolecular Hbond substituents is 1. The third-order valence-corrected chi connectivity index (χ3v) is 3.60. The van der Waals surface area contributed by atoms with E-state index in [9.17, 15) is 13.5 Å². The number of nitrogen functional groups attached to an aromatic ring is 1. The number of nitrogens with two attached hydrogens (primary N) is 1. The topological polar surface area (TPSA) is 134 Å². The van der Waals surface area contributed by atoms with E-state index in [0.29, 0.717) is 5.82 Å². The molecular weight excluding hydrogens is 258 g/mol. The van der Waals surface area contributed by atoms with Crippen molar-refractivity contribution < 1.29 is 13.5 Å². The zero-order chi connectivity index (χ0) is 13.2. The number of anilines is 1. The number of aromatic hydroxyl groups is 1. The van der Waals surface area contributed by atoms with Gasteiger partial charge >= 0.3 is 0 Å². The number of aromatic nitrogens is 3. The average Bonchev–Trinajstić information content (AvgIpc) is 2.83. The molecule has 96 valence electrons. The Morgan fingerprint density at radius 3 is 2.83 bits per heavy atom. The van der Waals surface area contributed by atoms with Gasteiger partial charge in [0.2, 0.25) is 10.0 Å². The maximum absolute atomic E-state index is 11.9. The Kier molecular flexibility index (Phi) is 3.17. The summed E-state index contributed by atoms with van der Waals surface area (Å²) in [5, 5.41) is 15.4. The van der Waals surface area contributed by atoms with E-state index >= 15 is 0 Å². The first-order valence-corrected chi connectivity index (χ1v) is 6.40. The minimum Gasteiger partial charge on any atom is -0.506 e. The summed E-state index contributed by atoms with van der Waals surface area (Å²) in [7, 11) is -3.70. The van der Waals surface area contributed by atoms with Gasteiger partial charge in [-0.15, -0.1) is 0 Å². The van der Waals surface area contributed by atoms with Crippen molar-refractivity contribution in [3.63, 3.8) is 0 Å². The van der Waals surface area contributed by atoms with Crippen LogP contribution in [0.5, 0.6) is 5.75 Å². The van der Waals surface area contributed by atoms with Gasteiger partial charge in [0.25, 0.3) is 0 Å². The monoisotopic (exact) mass is 269 g/mol. The van der Waals surface area contributed by atoms with E-state index in [2.05, 4.69) is 19.9 Å². The predicted molar refractivity (Wildman–Crippen MR) is 62.9 cm³/mol. The number of hydrogen-bond acceptors (Lipinski definition) is 6. The van der Waals surface area contributed by atoms with Gasteiger partial charge in [0, 0.05) is 0 Å². The van der Waals surface area contributed by atoms with E-state index in [1.807, 2.05) is 0 Å². The predicted octanol–water partition coefficient (Wildman–Crippen LogP) is -0.429. The van der Waals surface area contributed by atoms with Crippen molar-refractivity contribution in [1.82, 2.24) is 19.9 Å². The number of nitrogens with one attached hydrogen (secondary N) is 2. The number of nitrogens with zero attached hydrogens (tertiary/aromatic N) is 2. The fourth-order valence-electron chi connectivity index (χ4n) is 1.26. The number of phenols is 1. The van der Waals surface area contributed by atoms with E-state index in [1.165, 1.54) is 24.5 Å². The lowest BCUT2D eigenvalue weighted by molar-refractivity contribution is 0.477. The summed E-state index contributed by atoms with van der Waals surface area (Å²) in [6.45, 7) is -0.0108. The fraction of sp³-hybridized carbons (Fsp3) is 0.111. The normalized spacial score (nSPS) is 11.6. The molecule has 9 heteroatoms. The molecule has 0 spiro atoms. The van der Waals surface area contributed by atoms with Crippen LogP contribution in [-0.4, -0.2) is 28.7 Å². The zero-order valence-electron chi connectivity index (χ0n) is 9.16. The summed E-state index contributed by atoms with van der Waals surface area (Å²) in [6, 6.07) is 3.66. The van der Waals surface area contributed by atoms with Crippen LogP contribution in [-0.2, 0) is 16.6 Å². The summed E-state index contributed by atoms with van der Waals surface area (Å²) in [6.07, 6.45) is 1.28. The Labute approximate surface area is 103 Å². The maximum Gasteiger partial charge on any atom is 0.241 e. The third kappa shape index (κ3) is 2.57. The van der Waals surface area contributed by atoms with Crippen LogP contribution < -0.4 is 10.5 Å². The van der Waals surface area contributed by atoms with Gasteiger partial charge in [-0.25, -0.2) is 18.1 Å². The van der Waals surface area contributed by atoms with Gasteiger partial charge in [-0.3, -0.25) is 5.10 Å². The van der Waals surface area contributed by atoms with Crippen molar-refractivity contribution >= 4 is 15.7 Å². The van der Waals surface area contributed by atoms with Crippen LogP contribution in [0.3, 0.4) is 0 Å². The van der Waals surface area contributed by atoms with Gasteiger partial charge in [0.05, 0.1) is 17.1 Å². The van der Waals surface area contributed by atoms with Crippen LogP contribution in [0.2, 0.25) is 0 Å². The highest BCUT2D eigenvalue weighted by Gasteiger charge is 2.15. The van der Waals surface area contributed by atoms with Crippen molar-refractivity contribution in [2.75, 3.05) is 5.73 Å². The summed E-state index contributed by atoms with van der Waals surface area (Å²) in [5.41, 5.74) is 5.44. The lowest BCUT2D eigenvalue weighted by Gasteiger charge is -2.06. The van der Waals surface area contributed by atoms with Crippen molar-refractivity contribution in [3.05, 3.63) is 30.4 Å². The Morgan fingerprint density at radius 2 is 2.22 bits per heavy atom. The lowest BCUT2D eigenvalue weighted by Crippen LogP contribution is -2.23. The molecule has 1 heterocycles. The molecule has 0 unspecified atom stereocenters. The van der Waals surface area contributed by atoms with Crippen LogP contribution in [0.15, 0.2) is 29.4 Å². The molecule has 0 saturated carbocycles. The Bertz CT molecular complexity index is 638. The van der Waals surface area contributed by atoms with Gasteiger partial charge < -0.3 is 10.8 Å². The SMILES string of the molecule is Nc1cc(S(=O)(=O)NCc2ncn[nH]2)ccc1O. The van der Waals surface area contributed by atoms with Crippen molar-refractivity contribution in [1.29, 1.82) is 0 Å². The zero-order valence-corrected chi connectivity index (χ0v) is 9.98. The molecule has 0 fully saturated rings. The number of H-pyrrole nitrogens is 1. The minimum absolute atomic E-state index is 0.00228. The first-order valence-electron chi connectivity index (χ1n) is 4.91. The highest BCUT2D eigenvalue weighted by atomic mass is 32.2. The number of aromatic amines is 1. The average molecular weight is 269 g/mol. The number of rotatable bonds is 4. The van der Waals surface area contributed by atoms with Crippen LogP contribution >= 0.6 is 0 Å². The van der Waals surface area contributed by atoms with Crippen LogP contribution in [0, 0.1) is 0 Å². The van der Waals surface area contributed by atoms with Crippen LogP contribution in [0.4, 0.5) is 5.69 Å². The quantitative estimate of drug-likeness (QED) is 0.439. The fourth-order valence-corrected chi connectivity index (χ4v) is 2.29. The van der Waals surface area contributed by atoms with Gasteiger partial charge in [-0.2, -0.15) is 5.10 Å². The molecule has 0 aliphatic carbocycles. The van der Waals surface area contributed by atoms with E-state index < -0.39 is 10.0 Å². The highest BCUT2D eigenvalue weighted by molar-refractivity contribution is 7.89. The standard InChI is InChI=1S/C9H11N5O3S/c10-7-3-6(1-2-8(7)15)18(16,17)13-4-9-11-5-12-14-9/h1-3,5,13,15H,4,10H2,(H,11,12,14). The van der Waals surface area contributed by atoms with Gasteiger partial charge in [0.15, 0.2) is 0 Å². The second-order valence-corrected chi connectivity index (χ2v) is 5.24. The van der Waals surface area contributed by atoms with Crippen LogP contribution in [0.25, 0.3) is 0 Å². The second kappa shape index (κ2) is 4.63. The summed E-state index contributed by atoms with van der Waals surface area (Å²) < 4.78 is 26.1. The molecule has 0 radical (unpaired) electrons. The molecule has 2 aromatic rings. The molecule has 2 rings (SSSR count). The number of sulfonamides is 1. The summed E-state index contributed by atoms with van der Waals surface area (Å²) in [4.78, 5) is 3.76. The van der Waals surface area contributed by atoms with Crippen molar-refractivity contribution in [2.24, 2.45) is 0 Å². The summed E-state index contributed by atoms with van der Waals surface area (Å²) in [5.74, 6) is 0.231. The smallest absolute Gasteiger partial charge is 0.241 e. The molecule has 0 aliphatic rings. The molecule has 18 heavy (non-hydrogen) atoms. The Balaban J connectivity index is 2.17. The minimum atomic E-state index is -3.70. The molecule has 0 bridgehead atoms. The molecule has 0 atom stereocenters. The molecule has 0 amide bonds. The van der Waals surface area contributed by atoms with Crippen molar-refractivity contribution in [2.45, 2.75) is 11.4 Å². The van der Waals surface area contributed by atoms with Crippen molar-refractivity contribution in [3.8, 4) is 5.75 Å². The molecule has 8 nitrogen and oxygen atoms in total. The largest absolute Gasteiger partial charge is 0.506 e. The first-order chi connectivity index (χ1) is 8.49. The van der Waals surface area contributed by atoms with Gasteiger partial charge in [-0.05, 0) is 18.2 Å². The van der Waals surface area contributed by atoms with Gasteiger partial charge in [0.1, 0.15) is 17.9 Å². The number of hydrogen-bond donors (Lipinski definition) is 4. The first kappa shape index (κ1) is 12.3.